The van der Waals surface area contributed by atoms with Crippen LogP contribution in [0.4, 0.5) is 5.69 Å². The van der Waals surface area contributed by atoms with E-state index in [0.717, 1.165) is 27.6 Å². The predicted molar refractivity (Wildman–Crippen MR) is 164 cm³/mol. The highest BCUT2D eigenvalue weighted by Crippen LogP contribution is 2.41. The first-order valence-electron chi connectivity index (χ1n) is 12.9. The van der Waals surface area contributed by atoms with E-state index in [2.05, 4.69) is 16.7 Å². The predicted octanol–water partition coefficient (Wildman–Crippen LogP) is 7.30. The standard InChI is InChI=1S/C33H26ClN3O3S/c1-21-30(33(39)40-19-22-8-3-2-4-9-22)31(24-14-16-25(34)17-15-24)27(18-35)32(36-21)41-20-29(38)37-28-13-7-11-23-10-5-6-12-26(23)28/h2-17,31,36H,19-20H2,1H3,(H,37,38). The van der Waals surface area contributed by atoms with Crippen LogP contribution in [0.25, 0.3) is 10.8 Å². The molecule has 1 aliphatic heterocycles. The number of benzene rings is 4. The van der Waals surface area contributed by atoms with E-state index < -0.39 is 11.9 Å². The summed E-state index contributed by atoms with van der Waals surface area (Å²) in [6.45, 7) is 1.87. The van der Waals surface area contributed by atoms with E-state index in [0.29, 0.717) is 26.9 Å². The van der Waals surface area contributed by atoms with Gasteiger partial charge in [-0.3, -0.25) is 4.79 Å². The Morgan fingerprint density at radius 2 is 1.68 bits per heavy atom. The number of anilines is 1. The molecule has 0 aromatic heterocycles. The van der Waals surface area contributed by atoms with Crippen LogP contribution in [0, 0.1) is 11.3 Å². The summed E-state index contributed by atoms with van der Waals surface area (Å²) in [4.78, 5) is 26.4. The van der Waals surface area contributed by atoms with Crippen LogP contribution in [0.3, 0.4) is 0 Å². The van der Waals surface area contributed by atoms with Crippen molar-refractivity contribution in [2.75, 3.05) is 11.1 Å². The van der Waals surface area contributed by atoms with Gasteiger partial charge in [0.05, 0.1) is 33.9 Å². The van der Waals surface area contributed by atoms with Crippen LogP contribution in [-0.4, -0.2) is 17.6 Å². The van der Waals surface area contributed by atoms with Crippen molar-refractivity contribution in [1.29, 1.82) is 5.26 Å². The third-order valence-corrected chi connectivity index (χ3v) is 7.96. The lowest BCUT2D eigenvalue weighted by atomic mass is 9.82. The summed E-state index contributed by atoms with van der Waals surface area (Å²) in [5.74, 6) is -1.36. The fourth-order valence-corrected chi connectivity index (χ4v) is 5.76. The molecule has 1 aliphatic rings. The maximum absolute atomic E-state index is 13.4. The van der Waals surface area contributed by atoms with E-state index in [9.17, 15) is 14.9 Å². The average Bonchev–Trinajstić information content (AvgIpc) is 2.99. The first-order valence-corrected chi connectivity index (χ1v) is 14.3. The lowest BCUT2D eigenvalue weighted by molar-refractivity contribution is -0.140. The zero-order valence-corrected chi connectivity index (χ0v) is 23.8. The molecule has 41 heavy (non-hydrogen) atoms. The van der Waals surface area contributed by atoms with Crippen LogP contribution < -0.4 is 10.6 Å². The number of dihydropyridines is 1. The molecule has 4 aromatic carbocycles. The number of amides is 1. The number of ether oxygens (including phenoxy) is 1. The number of carbonyl (C=O) groups is 2. The third-order valence-electron chi connectivity index (χ3n) is 6.69. The van der Waals surface area contributed by atoms with E-state index >= 15 is 0 Å². The molecule has 1 atom stereocenters. The second kappa shape index (κ2) is 12.8. The number of esters is 1. The van der Waals surface area contributed by atoms with Crippen molar-refractivity contribution >= 4 is 51.7 Å². The zero-order chi connectivity index (χ0) is 28.8. The van der Waals surface area contributed by atoms with Gasteiger partial charge in [0.15, 0.2) is 0 Å². The van der Waals surface area contributed by atoms with Gasteiger partial charge in [-0.2, -0.15) is 5.26 Å². The highest BCUT2D eigenvalue weighted by atomic mass is 35.5. The lowest BCUT2D eigenvalue weighted by Crippen LogP contribution is -2.29. The molecule has 0 fully saturated rings. The molecule has 8 heteroatoms. The number of hydrogen-bond donors (Lipinski definition) is 2. The Labute approximate surface area is 247 Å². The fraction of sp³-hybridized carbons (Fsp3) is 0.121. The summed E-state index contributed by atoms with van der Waals surface area (Å²) < 4.78 is 5.68. The summed E-state index contributed by atoms with van der Waals surface area (Å²) in [6.07, 6.45) is 0. The van der Waals surface area contributed by atoms with E-state index in [1.165, 1.54) is 11.8 Å². The molecule has 4 aromatic rings. The number of allylic oxidation sites excluding steroid dienone is 2. The van der Waals surface area contributed by atoms with Gasteiger partial charge < -0.3 is 15.4 Å². The Kier molecular flexibility index (Phi) is 8.73. The fourth-order valence-electron chi connectivity index (χ4n) is 4.74. The Balaban J connectivity index is 1.39. The van der Waals surface area contributed by atoms with E-state index in [1.807, 2.05) is 72.8 Å². The second-order valence-electron chi connectivity index (χ2n) is 9.43. The van der Waals surface area contributed by atoms with Gasteiger partial charge in [-0.25, -0.2) is 4.79 Å². The number of carbonyl (C=O) groups excluding carboxylic acids is 2. The van der Waals surface area contributed by atoms with E-state index in [-0.39, 0.29) is 18.3 Å². The number of nitrogens with one attached hydrogen (secondary N) is 2. The molecule has 1 unspecified atom stereocenters. The zero-order valence-electron chi connectivity index (χ0n) is 22.2. The van der Waals surface area contributed by atoms with E-state index in [4.69, 9.17) is 16.3 Å². The second-order valence-corrected chi connectivity index (χ2v) is 10.9. The van der Waals surface area contributed by atoms with Crippen LogP contribution >= 0.6 is 23.4 Å². The molecule has 0 aliphatic carbocycles. The molecule has 0 saturated heterocycles. The number of hydrogen-bond acceptors (Lipinski definition) is 6. The highest BCUT2D eigenvalue weighted by Gasteiger charge is 2.35. The molecule has 0 bridgehead atoms. The Morgan fingerprint density at radius 1 is 0.976 bits per heavy atom. The van der Waals surface area contributed by atoms with Crippen LogP contribution in [0.2, 0.25) is 5.02 Å². The normalized spacial score (nSPS) is 14.8. The van der Waals surface area contributed by atoms with Crippen molar-refractivity contribution in [3.8, 4) is 6.07 Å². The Morgan fingerprint density at radius 3 is 2.44 bits per heavy atom. The molecule has 1 amide bonds. The minimum absolute atomic E-state index is 0.0607. The van der Waals surface area contributed by atoms with Gasteiger partial charge in [0.2, 0.25) is 5.91 Å². The number of halogens is 1. The van der Waals surface area contributed by atoms with Crippen LogP contribution in [-0.2, 0) is 20.9 Å². The van der Waals surface area contributed by atoms with Crippen molar-refractivity contribution in [3.63, 3.8) is 0 Å². The van der Waals surface area contributed by atoms with Gasteiger partial charge >= 0.3 is 5.97 Å². The minimum atomic E-state index is -0.689. The SMILES string of the molecule is CC1=C(C(=O)OCc2ccccc2)C(c2ccc(Cl)cc2)C(C#N)=C(SCC(=O)Nc2cccc3ccccc23)N1. The van der Waals surface area contributed by atoms with Crippen LogP contribution in [0.5, 0.6) is 0 Å². The van der Waals surface area contributed by atoms with Gasteiger partial charge in [-0.1, -0.05) is 102 Å². The Bertz CT molecular complexity index is 1700. The first-order chi connectivity index (χ1) is 19.9. The van der Waals surface area contributed by atoms with E-state index in [1.54, 1.807) is 31.2 Å². The first kappa shape index (κ1) is 28.0. The number of nitrogens with zero attached hydrogens (tertiary/aromatic N) is 1. The summed E-state index contributed by atoms with van der Waals surface area (Å²) >= 11 is 7.35. The molecular formula is C33H26ClN3O3S. The largest absolute Gasteiger partial charge is 0.457 e. The molecule has 0 saturated carbocycles. The van der Waals surface area contributed by atoms with Gasteiger partial charge in [0, 0.05) is 21.8 Å². The average molecular weight is 580 g/mol. The minimum Gasteiger partial charge on any atom is -0.457 e. The monoisotopic (exact) mass is 579 g/mol. The quantitative estimate of drug-likeness (QED) is 0.213. The van der Waals surface area contributed by atoms with Gasteiger partial charge in [0.1, 0.15) is 6.61 Å². The summed E-state index contributed by atoms with van der Waals surface area (Å²) in [7, 11) is 0. The van der Waals surface area contributed by atoms with Crippen molar-refractivity contribution in [2.24, 2.45) is 0 Å². The third kappa shape index (κ3) is 6.46. The number of rotatable bonds is 8. The van der Waals surface area contributed by atoms with Crippen LogP contribution in [0.1, 0.15) is 24.0 Å². The number of thioether (sulfide) groups is 1. The number of nitriles is 1. The molecular weight excluding hydrogens is 554 g/mol. The van der Waals surface area contributed by atoms with Gasteiger partial charge in [-0.15, -0.1) is 0 Å². The van der Waals surface area contributed by atoms with Crippen molar-refractivity contribution in [3.05, 3.63) is 135 Å². The summed E-state index contributed by atoms with van der Waals surface area (Å²) in [5.41, 5.74) is 3.52. The van der Waals surface area contributed by atoms with Gasteiger partial charge in [-0.05, 0) is 41.6 Å². The molecule has 2 N–H and O–H groups in total. The molecule has 0 radical (unpaired) electrons. The topological polar surface area (TPSA) is 91.2 Å². The molecule has 1 heterocycles. The van der Waals surface area contributed by atoms with Crippen molar-refractivity contribution < 1.29 is 14.3 Å². The maximum atomic E-state index is 13.4. The Hall–Kier alpha value is -4.51. The van der Waals surface area contributed by atoms with Gasteiger partial charge in [0.25, 0.3) is 0 Å². The van der Waals surface area contributed by atoms with Crippen LogP contribution in [0.15, 0.2) is 119 Å². The maximum Gasteiger partial charge on any atom is 0.337 e. The molecule has 0 spiro atoms. The molecule has 5 rings (SSSR count). The summed E-state index contributed by atoms with van der Waals surface area (Å²) in [5, 5.41) is 19.5. The smallest absolute Gasteiger partial charge is 0.337 e. The summed E-state index contributed by atoms with van der Waals surface area (Å²) in [6, 6.07) is 32.3. The van der Waals surface area contributed by atoms with Crippen molar-refractivity contribution in [2.45, 2.75) is 19.4 Å². The number of fused-ring (bicyclic) bond motifs is 1. The van der Waals surface area contributed by atoms with Crippen molar-refractivity contribution in [1.82, 2.24) is 5.32 Å². The highest BCUT2D eigenvalue weighted by molar-refractivity contribution is 8.03. The molecule has 204 valence electrons. The lowest BCUT2D eigenvalue weighted by Gasteiger charge is -2.29. The molecule has 6 nitrogen and oxygen atoms in total.